The van der Waals surface area contributed by atoms with E-state index in [0.717, 1.165) is 18.4 Å². The Bertz CT molecular complexity index is 710. The third-order valence-electron chi connectivity index (χ3n) is 4.64. The molecule has 5 heteroatoms. The fraction of sp³-hybridized carbons (Fsp3) is 0.421. The molecule has 0 aliphatic heterocycles. The Morgan fingerprint density at radius 2 is 2.00 bits per heavy atom. The van der Waals surface area contributed by atoms with Crippen LogP contribution in [0.2, 0.25) is 0 Å². The summed E-state index contributed by atoms with van der Waals surface area (Å²) in [6.45, 7) is 6.02. The number of amides is 1. The molecular weight excluding hydrogens is 300 g/mol. The van der Waals surface area contributed by atoms with Gasteiger partial charge in [0.25, 0.3) is 0 Å². The molecule has 1 unspecified atom stereocenters. The first-order chi connectivity index (χ1) is 11.6. The molecule has 1 heterocycles. The van der Waals surface area contributed by atoms with Gasteiger partial charge in [0.2, 0.25) is 5.91 Å². The van der Waals surface area contributed by atoms with Crippen LogP contribution in [0.5, 0.6) is 0 Å². The standard InChI is InChI=1S/C19H24N4O/c1-4-19(5-2,16-9-7-6-8-10-16)22-18(24)15(3)23-13-17(11-12-20)21-14-23/h6-10,13-15H,4-5,11H2,1-3H3,(H,22,24). The lowest BCUT2D eigenvalue weighted by Gasteiger charge is -2.34. The van der Waals surface area contributed by atoms with Crippen molar-refractivity contribution >= 4 is 5.91 Å². The number of carbonyl (C=O) groups excluding carboxylic acids is 1. The van der Waals surface area contributed by atoms with Gasteiger partial charge in [-0.1, -0.05) is 44.2 Å². The highest BCUT2D eigenvalue weighted by atomic mass is 16.2. The number of nitrogens with one attached hydrogen (secondary N) is 1. The molecule has 1 aromatic carbocycles. The Hall–Kier alpha value is -2.61. The molecule has 1 aromatic heterocycles. The zero-order valence-corrected chi connectivity index (χ0v) is 14.5. The maximum Gasteiger partial charge on any atom is 0.243 e. The van der Waals surface area contributed by atoms with Crippen LogP contribution in [0.15, 0.2) is 42.9 Å². The lowest BCUT2D eigenvalue weighted by molar-refractivity contribution is -0.126. The molecule has 0 fully saturated rings. The molecule has 0 aliphatic carbocycles. The van der Waals surface area contributed by atoms with Gasteiger partial charge >= 0.3 is 0 Å². The summed E-state index contributed by atoms with van der Waals surface area (Å²) in [6, 6.07) is 11.8. The predicted octanol–water partition coefficient (Wildman–Crippen LogP) is 3.34. The van der Waals surface area contributed by atoms with E-state index in [4.69, 9.17) is 5.26 Å². The lowest BCUT2D eigenvalue weighted by atomic mass is 9.84. The average Bonchev–Trinajstić information content (AvgIpc) is 3.08. The van der Waals surface area contributed by atoms with Crippen molar-refractivity contribution in [3.8, 4) is 6.07 Å². The van der Waals surface area contributed by atoms with Crippen LogP contribution < -0.4 is 5.32 Å². The lowest BCUT2D eigenvalue weighted by Crippen LogP contribution is -2.47. The molecule has 0 bridgehead atoms. The van der Waals surface area contributed by atoms with Crippen LogP contribution in [-0.4, -0.2) is 15.5 Å². The van der Waals surface area contributed by atoms with Gasteiger partial charge in [-0.2, -0.15) is 5.26 Å². The maximum atomic E-state index is 12.8. The number of aromatic nitrogens is 2. The summed E-state index contributed by atoms with van der Waals surface area (Å²) in [4.78, 5) is 17.0. The fourth-order valence-corrected chi connectivity index (χ4v) is 2.90. The number of benzene rings is 1. The summed E-state index contributed by atoms with van der Waals surface area (Å²) >= 11 is 0. The van der Waals surface area contributed by atoms with Crippen LogP contribution >= 0.6 is 0 Å². The fourth-order valence-electron chi connectivity index (χ4n) is 2.90. The number of hydrogen-bond donors (Lipinski definition) is 1. The van der Waals surface area contributed by atoms with Gasteiger partial charge in [0, 0.05) is 6.20 Å². The van der Waals surface area contributed by atoms with Crippen molar-refractivity contribution in [2.24, 2.45) is 0 Å². The first-order valence-corrected chi connectivity index (χ1v) is 8.33. The third kappa shape index (κ3) is 3.65. The zero-order valence-electron chi connectivity index (χ0n) is 14.5. The molecular formula is C19H24N4O. The molecule has 0 saturated heterocycles. The molecule has 24 heavy (non-hydrogen) atoms. The largest absolute Gasteiger partial charge is 0.345 e. The van der Waals surface area contributed by atoms with Gasteiger partial charge in [-0.05, 0) is 25.3 Å². The highest BCUT2D eigenvalue weighted by Gasteiger charge is 2.31. The molecule has 2 rings (SSSR count). The van der Waals surface area contributed by atoms with E-state index in [1.165, 1.54) is 0 Å². The summed E-state index contributed by atoms with van der Waals surface area (Å²) in [7, 11) is 0. The maximum absolute atomic E-state index is 12.8. The SMILES string of the molecule is CCC(CC)(NC(=O)C(C)n1cnc(CC#N)c1)c1ccccc1. The predicted molar refractivity (Wildman–Crippen MR) is 93.1 cm³/mol. The quantitative estimate of drug-likeness (QED) is 0.849. The van der Waals surface area contributed by atoms with E-state index >= 15 is 0 Å². The zero-order chi connectivity index (χ0) is 17.6. The molecule has 1 N–H and O–H groups in total. The highest BCUT2D eigenvalue weighted by molar-refractivity contribution is 5.81. The molecule has 0 radical (unpaired) electrons. The summed E-state index contributed by atoms with van der Waals surface area (Å²) in [5.41, 5.74) is 1.42. The Morgan fingerprint density at radius 3 is 2.58 bits per heavy atom. The van der Waals surface area contributed by atoms with Crippen molar-refractivity contribution in [2.45, 2.75) is 51.6 Å². The van der Waals surface area contributed by atoms with Crippen LogP contribution in [0.3, 0.4) is 0 Å². The number of hydrogen-bond acceptors (Lipinski definition) is 3. The average molecular weight is 324 g/mol. The van der Waals surface area contributed by atoms with Crippen LogP contribution in [0.1, 0.15) is 50.9 Å². The summed E-state index contributed by atoms with van der Waals surface area (Å²) in [5.74, 6) is -0.0524. The van der Waals surface area contributed by atoms with E-state index in [9.17, 15) is 4.79 Å². The van der Waals surface area contributed by atoms with Gasteiger partial charge in [-0.3, -0.25) is 4.79 Å². The van der Waals surface area contributed by atoms with Gasteiger partial charge < -0.3 is 9.88 Å². The second-order valence-corrected chi connectivity index (χ2v) is 5.97. The number of nitriles is 1. The summed E-state index contributed by atoms with van der Waals surface area (Å²) in [6.07, 6.45) is 5.25. The van der Waals surface area contributed by atoms with Gasteiger partial charge in [0.05, 0.1) is 30.1 Å². The van der Waals surface area contributed by atoms with Crippen molar-refractivity contribution < 1.29 is 4.79 Å². The molecule has 0 saturated carbocycles. The van der Waals surface area contributed by atoms with E-state index in [0.29, 0.717) is 5.69 Å². The molecule has 0 spiro atoms. The third-order valence-corrected chi connectivity index (χ3v) is 4.64. The Morgan fingerprint density at radius 1 is 1.33 bits per heavy atom. The van der Waals surface area contributed by atoms with Crippen LogP contribution in [0, 0.1) is 11.3 Å². The summed E-state index contributed by atoms with van der Waals surface area (Å²) in [5, 5.41) is 12.0. The second kappa shape index (κ2) is 7.78. The number of carbonyl (C=O) groups is 1. The second-order valence-electron chi connectivity index (χ2n) is 5.97. The van der Waals surface area contributed by atoms with Gasteiger partial charge in [0.15, 0.2) is 0 Å². The number of rotatable bonds is 7. The molecule has 5 nitrogen and oxygen atoms in total. The number of imidazole rings is 1. The molecule has 126 valence electrons. The van der Waals surface area contributed by atoms with Crippen LogP contribution in [0.4, 0.5) is 0 Å². The highest BCUT2D eigenvalue weighted by Crippen LogP contribution is 2.29. The molecule has 1 amide bonds. The molecule has 0 aliphatic rings. The minimum absolute atomic E-state index is 0.0524. The van der Waals surface area contributed by atoms with Gasteiger partial charge in [-0.25, -0.2) is 4.98 Å². The van der Waals surface area contributed by atoms with Crippen LogP contribution in [0.25, 0.3) is 0 Å². The minimum Gasteiger partial charge on any atom is -0.345 e. The summed E-state index contributed by atoms with van der Waals surface area (Å²) < 4.78 is 1.75. The van der Waals surface area contributed by atoms with E-state index in [2.05, 4.69) is 42.4 Å². The first kappa shape index (κ1) is 17.7. The topological polar surface area (TPSA) is 70.7 Å². The van der Waals surface area contributed by atoms with E-state index in [1.54, 1.807) is 17.1 Å². The Balaban J connectivity index is 2.19. The van der Waals surface area contributed by atoms with Crippen molar-refractivity contribution in [3.63, 3.8) is 0 Å². The van der Waals surface area contributed by atoms with Crippen molar-refractivity contribution in [1.29, 1.82) is 5.26 Å². The van der Waals surface area contributed by atoms with Gasteiger partial charge in [0.1, 0.15) is 6.04 Å². The van der Waals surface area contributed by atoms with Crippen molar-refractivity contribution in [2.75, 3.05) is 0 Å². The Labute approximate surface area is 143 Å². The Kier molecular flexibility index (Phi) is 5.75. The van der Waals surface area contributed by atoms with Crippen molar-refractivity contribution in [3.05, 3.63) is 54.1 Å². The normalized spacial score (nSPS) is 12.4. The smallest absolute Gasteiger partial charge is 0.243 e. The van der Waals surface area contributed by atoms with E-state index in [-0.39, 0.29) is 23.9 Å². The van der Waals surface area contributed by atoms with Crippen molar-refractivity contribution in [1.82, 2.24) is 14.9 Å². The monoisotopic (exact) mass is 324 g/mol. The molecule has 1 atom stereocenters. The van der Waals surface area contributed by atoms with Crippen LogP contribution in [-0.2, 0) is 16.8 Å². The van der Waals surface area contributed by atoms with E-state index < -0.39 is 0 Å². The minimum atomic E-state index is -0.383. The number of nitrogens with zero attached hydrogens (tertiary/aromatic N) is 3. The first-order valence-electron chi connectivity index (χ1n) is 8.33. The van der Waals surface area contributed by atoms with Gasteiger partial charge in [-0.15, -0.1) is 0 Å². The van der Waals surface area contributed by atoms with E-state index in [1.807, 2.05) is 25.1 Å². The molecule has 2 aromatic rings.